The monoisotopic (exact) mass is 264 g/mol. The van der Waals surface area contributed by atoms with Crippen molar-refractivity contribution in [2.45, 2.75) is 64.6 Å². The van der Waals surface area contributed by atoms with E-state index in [0.717, 1.165) is 0 Å². The highest BCUT2D eigenvalue weighted by molar-refractivity contribution is 5.19. The van der Waals surface area contributed by atoms with E-state index in [9.17, 15) is 0 Å². The summed E-state index contributed by atoms with van der Waals surface area (Å²) < 4.78 is 1.95. The molecule has 1 aromatic rings. The summed E-state index contributed by atoms with van der Waals surface area (Å²) in [5.74, 6) is 0. The maximum atomic E-state index is 4.32. The number of hydrogen-bond acceptors (Lipinski definition) is 3. The molecule has 1 saturated heterocycles. The SMILES string of the molecule is Cc1c(C(C)NC(C)CC2CCCCN2)cnn1C. The van der Waals surface area contributed by atoms with E-state index in [0.29, 0.717) is 18.1 Å². The van der Waals surface area contributed by atoms with Gasteiger partial charge in [-0.3, -0.25) is 4.68 Å². The van der Waals surface area contributed by atoms with Crippen molar-refractivity contribution in [3.8, 4) is 0 Å². The summed E-state index contributed by atoms with van der Waals surface area (Å²) in [5, 5.41) is 11.7. The highest BCUT2D eigenvalue weighted by atomic mass is 15.3. The van der Waals surface area contributed by atoms with Gasteiger partial charge in [0.05, 0.1) is 6.20 Å². The molecule has 0 bridgehead atoms. The Labute approximate surface area is 117 Å². The molecule has 1 fully saturated rings. The van der Waals surface area contributed by atoms with Crippen LogP contribution in [0, 0.1) is 6.92 Å². The van der Waals surface area contributed by atoms with Gasteiger partial charge in [-0.05, 0) is 46.6 Å². The first-order valence-corrected chi connectivity index (χ1v) is 7.56. The van der Waals surface area contributed by atoms with Gasteiger partial charge in [-0.25, -0.2) is 0 Å². The quantitative estimate of drug-likeness (QED) is 0.857. The Hall–Kier alpha value is -0.870. The molecule has 0 aliphatic carbocycles. The van der Waals surface area contributed by atoms with Gasteiger partial charge in [-0.1, -0.05) is 6.42 Å². The molecular weight excluding hydrogens is 236 g/mol. The van der Waals surface area contributed by atoms with Crippen molar-refractivity contribution in [3.63, 3.8) is 0 Å². The van der Waals surface area contributed by atoms with Gasteiger partial charge in [0.25, 0.3) is 0 Å². The molecule has 2 rings (SSSR count). The summed E-state index contributed by atoms with van der Waals surface area (Å²) in [6.45, 7) is 7.84. The first kappa shape index (κ1) is 14.5. The summed E-state index contributed by atoms with van der Waals surface area (Å²) in [4.78, 5) is 0. The highest BCUT2D eigenvalue weighted by Gasteiger charge is 2.18. The average molecular weight is 264 g/mol. The van der Waals surface area contributed by atoms with Crippen molar-refractivity contribution in [1.82, 2.24) is 20.4 Å². The molecule has 3 atom stereocenters. The zero-order valence-electron chi connectivity index (χ0n) is 12.7. The van der Waals surface area contributed by atoms with Crippen LogP contribution in [0.2, 0.25) is 0 Å². The molecule has 0 aromatic carbocycles. The van der Waals surface area contributed by atoms with E-state index in [1.165, 1.54) is 43.5 Å². The molecule has 19 heavy (non-hydrogen) atoms. The summed E-state index contributed by atoms with van der Waals surface area (Å²) >= 11 is 0. The fraction of sp³-hybridized carbons (Fsp3) is 0.800. The van der Waals surface area contributed by atoms with Crippen molar-refractivity contribution in [2.24, 2.45) is 7.05 Å². The minimum absolute atomic E-state index is 0.368. The first-order chi connectivity index (χ1) is 9.08. The number of piperidine rings is 1. The van der Waals surface area contributed by atoms with E-state index in [-0.39, 0.29) is 0 Å². The second-order valence-electron chi connectivity index (χ2n) is 5.98. The Morgan fingerprint density at radius 2 is 2.26 bits per heavy atom. The van der Waals surface area contributed by atoms with Gasteiger partial charge in [0.15, 0.2) is 0 Å². The normalized spacial score (nSPS) is 23.3. The fourth-order valence-corrected chi connectivity index (χ4v) is 3.08. The summed E-state index contributed by atoms with van der Waals surface area (Å²) in [5.41, 5.74) is 2.56. The maximum Gasteiger partial charge on any atom is 0.0540 e. The molecule has 4 nitrogen and oxygen atoms in total. The van der Waals surface area contributed by atoms with Crippen LogP contribution in [0.4, 0.5) is 0 Å². The van der Waals surface area contributed by atoms with Crippen LogP contribution >= 0.6 is 0 Å². The largest absolute Gasteiger partial charge is 0.314 e. The highest BCUT2D eigenvalue weighted by Crippen LogP contribution is 2.18. The third-order valence-electron chi connectivity index (χ3n) is 4.32. The molecule has 1 aliphatic rings. The van der Waals surface area contributed by atoms with Crippen LogP contribution in [-0.4, -0.2) is 28.4 Å². The predicted molar refractivity (Wildman–Crippen MR) is 79.2 cm³/mol. The van der Waals surface area contributed by atoms with Crippen LogP contribution in [0.1, 0.15) is 56.8 Å². The molecular formula is C15H28N4. The molecule has 1 aliphatic heterocycles. The van der Waals surface area contributed by atoms with Crippen molar-refractivity contribution in [3.05, 3.63) is 17.5 Å². The second kappa shape index (κ2) is 6.53. The molecule has 3 unspecified atom stereocenters. The van der Waals surface area contributed by atoms with E-state index < -0.39 is 0 Å². The molecule has 108 valence electrons. The molecule has 0 spiro atoms. The smallest absolute Gasteiger partial charge is 0.0540 e. The van der Waals surface area contributed by atoms with E-state index in [4.69, 9.17) is 0 Å². The van der Waals surface area contributed by atoms with Gasteiger partial charge >= 0.3 is 0 Å². The van der Waals surface area contributed by atoms with E-state index in [1.807, 2.05) is 17.9 Å². The molecule has 0 amide bonds. The lowest BCUT2D eigenvalue weighted by atomic mass is 9.98. The van der Waals surface area contributed by atoms with Crippen LogP contribution < -0.4 is 10.6 Å². The topological polar surface area (TPSA) is 41.9 Å². The number of rotatable bonds is 5. The average Bonchev–Trinajstić information content (AvgIpc) is 2.71. The molecule has 4 heteroatoms. The Balaban J connectivity index is 1.84. The Morgan fingerprint density at radius 1 is 1.47 bits per heavy atom. The second-order valence-corrected chi connectivity index (χ2v) is 5.98. The lowest BCUT2D eigenvalue weighted by molar-refractivity contribution is 0.334. The van der Waals surface area contributed by atoms with Crippen LogP contribution in [0.15, 0.2) is 6.20 Å². The van der Waals surface area contributed by atoms with Gasteiger partial charge in [-0.2, -0.15) is 5.10 Å². The van der Waals surface area contributed by atoms with Gasteiger partial charge in [0.2, 0.25) is 0 Å². The number of nitrogens with one attached hydrogen (secondary N) is 2. The summed E-state index contributed by atoms with van der Waals surface area (Å²) in [6.07, 6.45) is 7.24. The standard InChI is InChI=1S/C15H28N4/c1-11(9-14-7-5-6-8-16-14)18-12(2)15-10-17-19(4)13(15)3/h10-12,14,16,18H,5-9H2,1-4H3. The van der Waals surface area contributed by atoms with Gasteiger partial charge in [0, 0.05) is 36.4 Å². The van der Waals surface area contributed by atoms with Crippen molar-refractivity contribution < 1.29 is 0 Å². The molecule has 0 saturated carbocycles. The third-order valence-corrected chi connectivity index (χ3v) is 4.32. The van der Waals surface area contributed by atoms with Crippen LogP contribution in [0.3, 0.4) is 0 Å². The Morgan fingerprint density at radius 3 is 2.84 bits per heavy atom. The van der Waals surface area contributed by atoms with Crippen molar-refractivity contribution >= 4 is 0 Å². The van der Waals surface area contributed by atoms with E-state index in [1.54, 1.807) is 0 Å². The lowest BCUT2D eigenvalue weighted by Gasteiger charge is -2.28. The molecule has 0 radical (unpaired) electrons. The van der Waals surface area contributed by atoms with Crippen LogP contribution in [0.5, 0.6) is 0 Å². The van der Waals surface area contributed by atoms with Crippen LogP contribution in [0.25, 0.3) is 0 Å². The number of hydrogen-bond donors (Lipinski definition) is 2. The van der Waals surface area contributed by atoms with Crippen LogP contribution in [-0.2, 0) is 7.05 Å². The number of aromatic nitrogens is 2. The van der Waals surface area contributed by atoms with Gasteiger partial charge in [0.1, 0.15) is 0 Å². The van der Waals surface area contributed by atoms with Gasteiger partial charge in [-0.15, -0.1) is 0 Å². The fourth-order valence-electron chi connectivity index (χ4n) is 3.08. The first-order valence-electron chi connectivity index (χ1n) is 7.56. The minimum atomic E-state index is 0.368. The number of nitrogens with zero attached hydrogens (tertiary/aromatic N) is 2. The number of aryl methyl sites for hydroxylation is 1. The van der Waals surface area contributed by atoms with Gasteiger partial charge < -0.3 is 10.6 Å². The Kier molecular flexibility index (Phi) is 4.99. The zero-order valence-corrected chi connectivity index (χ0v) is 12.7. The lowest BCUT2D eigenvalue weighted by Crippen LogP contribution is -2.40. The Bertz CT molecular complexity index is 393. The zero-order chi connectivity index (χ0) is 13.8. The maximum absolute atomic E-state index is 4.32. The van der Waals surface area contributed by atoms with E-state index >= 15 is 0 Å². The molecule has 2 N–H and O–H groups in total. The van der Waals surface area contributed by atoms with Crippen molar-refractivity contribution in [2.75, 3.05) is 6.54 Å². The summed E-state index contributed by atoms with van der Waals surface area (Å²) in [6, 6.07) is 1.59. The molecule has 1 aromatic heterocycles. The third kappa shape index (κ3) is 3.80. The van der Waals surface area contributed by atoms with E-state index in [2.05, 4.69) is 36.5 Å². The summed E-state index contributed by atoms with van der Waals surface area (Å²) in [7, 11) is 2.00. The van der Waals surface area contributed by atoms with Crippen molar-refractivity contribution in [1.29, 1.82) is 0 Å². The molecule has 2 heterocycles. The minimum Gasteiger partial charge on any atom is -0.314 e. The predicted octanol–water partition coefficient (Wildman–Crippen LogP) is 2.30.